The van der Waals surface area contributed by atoms with Crippen molar-refractivity contribution in [3.63, 3.8) is 0 Å². The monoisotopic (exact) mass is 302 g/mol. The first-order valence-corrected chi connectivity index (χ1v) is 13.6. The summed E-state index contributed by atoms with van der Waals surface area (Å²) in [5, 5.41) is 0.454. The lowest BCUT2D eigenvalue weighted by atomic mass is 10.2. The van der Waals surface area contributed by atoms with Gasteiger partial charge in [-0.05, 0) is 18.1 Å². The van der Waals surface area contributed by atoms with Crippen LogP contribution >= 0.6 is 0 Å². The van der Waals surface area contributed by atoms with Gasteiger partial charge in [-0.3, -0.25) is 0 Å². The van der Waals surface area contributed by atoms with E-state index in [0.717, 1.165) is 0 Å². The van der Waals surface area contributed by atoms with E-state index in [1.807, 2.05) is 7.11 Å². The summed E-state index contributed by atoms with van der Waals surface area (Å²) < 4.78 is 8.48. The molecule has 0 N–H and O–H groups in total. The molecule has 1 fully saturated rings. The number of nitrogens with zero attached hydrogens (tertiary/aromatic N) is 2. The third-order valence-corrected chi connectivity index (χ3v) is 13.2. The topological polar surface area (TPSA) is 15.7 Å². The first-order valence-electron chi connectivity index (χ1n) is 7.52. The normalized spacial score (nSPS) is 20.8. The van der Waals surface area contributed by atoms with Crippen LogP contribution in [-0.2, 0) is 4.43 Å². The van der Waals surface area contributed by atoms with E-state index < -0.39 is 16.6 Å². The third-order valence-electron chi connectivity index (χ3n) is 5.16. The second kappa shape index (κ2) is 5.97. The van der Waals surface area contributed by atoms with Crippen molar-refractivity contribution >= 4 is 16.6 Å². The summed E-state index contributed by atoms with van der Waals surface area (Å²) in [4.78, 5) is 2.61. The summed E-state index contributed by atoms with van der Waals surface area (Å²) in [5.41, 5.74) is 0. The van der Waals surface area contributed by atoms with Gasteiger partial charge < -0.3 is 13.9 Å². The lowest BCUT2D eigenvalue weighted by Crippen LogP contribution is -2.62. The van der Waals surface area contributed by atoms with Gasteiger partial charge in [0.2, 0.25) is 0 Å². The molecule has 0 aliphatic carbocycles. The zero-order chi connectivity index (χ0) is 14.9. The molecule has 19 heavy (non-hydrogen) atoms. The van der Waals surface area contributed by atoms with Crippen LogP contribution in [0.2, 0.25) is 31.2 Å². The first kappa shape index (κ1) is 17.4. The van der Waals surface area contributed by atoms with Crippen molar-refractivity contribution in [2.45, 2.75) is 52.0 Å². The molecule has 1 rings (SSSR count). The predicted octanol–water partition coefficient (Wildman–Crippen LogP) is 3.00. The van der Waals surface area contributed by atoms with E-state index in [1.165, 1.54) is 32.3 Å². The molecule has 1 aliphatic rings. The van der Waals surface area contributed by atoms with E-state index in [0.29, 0.717) is 5.04 Å². The molecule has 0 spiro atoms. The van der Waals surface area contributed by atoms with Gasteiger partial charge in [0.05, 0.1) is 0 Å². The molecule has 0 atom stereocenters. The highest BCUT2D eigenvalue weighted by Gasteiger charge is 2.42. The van der Waals surface area contributed by atoms with Crippen molar-refractivity contribution in [1.82, 2.24) is 9.47 Å². The van der Waals surface area contributed by atoms with Gasteiger partial charge in [-0.25, -0.2) is 0 Å². The molecule has 3 nitrogen and oxygen atoms in total. The highest BCUT2D eigenvalue weighted by molar-refractivity contribution is 6.77. The molecular weight excluding hydrogens is 268 g/mol. The van der Waals surface area contributed by atoms with E-state index in [1.54, 1.807) is 0 Å². The second-order valence-corrected chi connectivity index (χ2v) is 17.5. The first-order chi connectivity index (χ1) is 8.49. The smallest absolute Gasteiger partial charge is 0.199 e. The van der Waals surface area contributed by atoms with Gasteiger partial charge in [-0.15, -0.1) is 0 Å². The molecule has 114 valence electrons. The molecule has 0 saturated carbocycles. The van der Waals surface area contributed by atoms with E-state index >= 15 is 0 Å². The summed E-state index contributed by atoms with van der Waals surface area (Å²) >= 11 is 0. The van der Waals surface area contributed by atoms with Crippen LogP contribution < -0.4 is 0 Å². The maximum atomic E-state index is 5.68. The fraction of sp³-hybridized carbons (Fsp3) is 1.00. The Morgan fingerprint density at radius 3 is 1.79 bits per heavy atom. The molecule has 1 heterocycles. The van der Waals surface area contributed by atoms with Gasteiger partial charge in [-0.2, -0.15) is 0 Å². The Kier molecular flexibility index (Phi) is 5.46. The minimum Gasteiger partial charge on any atom is -0.419 e. The van der Waals surface area contributed by atoms with Gasteiger partial charge in [0.15, 0.2) is 8.32 Å². The zero-order valence-electron chi connectivity index (χ0n) is 14.3. The van der Waals surface area contributed by atoms with Crippen LogP contribution in [0.5, 0.6) is 0 Å². The van der Waals surface area contributed by atoms with Gasteiger partial charge in [-0.1, -0.05) is 33.9 Å². The van der Waals surface area contributed by atoms with E-state index in [9.17, 15) is 0 Å². The third kappa shape index (κ3) is 4.39. The minimum atomic E-state index is -1.45. The summed E-state index contributed by atoms with van der Waals surface area (Å²) in [5.74, 6) is 0. The Bertz CT molecular complexity index is 292. The average Bonchev–Trinajstić information content (AvgIpc) is 2.28. The fourth-order valence-corrected chi connectivity index (χ4v) is 6.33. The van der Waals surface area contributed by atoms with Gasteiger partial charge in [0, 0.05) is 39.5 Å². The zero-order valence-corrected chi connectivity index (χ0v) is 16.3. The SMILES string of the molecule is CO[Si](C)(C)CN1CCN([Si](C)(C)C(C)(C)C)CC1. The number of rotatable bonds is 4. The van der Waals surface area contributed by atoms with Gasteiger partial charge in [0.25, 0.3) is 0 Å². The highest BCUT2D eigenvalue weighted by Crippen LogP contribution is 2.38. The molecule has 0 aromatic carbocycles. The van der Waals surface area contributed by atoms with E-state index in [-0.39, 0.29) is 0 Å². The Hall–Kier alpha value is 0.314. The predicted molar refractivity (Wildman–Crippen MR) is 89.7 cm³/mol. The molecular formula is C14H34N2OSi2. The Labute approximate surface area is 122 Å². The molecule has 0 aromatic rings. The molecule has 0 bridgehead atoms. The Morgan fingerprint density at radius 1 is 0.947 bits per heavy atom. The molecule has 1 saturated heterocycles. The van der Waals surface area contributed by atoms with Crippen molar-refractivity contribution in [2.75, 3.05) is 39.5 Å². The molecule has 0 aromatic heterocycles. The van der Waals surface area contributed by atoms with Crippen LogP contribution in [0.1, 0.15) is 20.8 Å². The Balaban J connectivity index is 2.54. The van der Waals surface area contributed by atoms with Crippen LogP contribution in [0.25, 0.3) is 0 Å². The van der Waals surface area contributed by atoms with Crippen LogP contribution in [0, 0.1) is 0 Å². The van der Waals surface area contributed by atoms with Crippen molar-refractivity contribution < 1.29 is 4.43 Å². The standard InChI is InChI=1S/C14H34N2OSi2/c1-14(2,3)19(7,8)16-11-9-15(10-12-16)13-18(5,6)17-4/h9-13H2,1-8H3. The van der Waals surface area contributed by atoms with Crippen LogP contribution in [0.4, 0.5) is 0 Å². The summed E-state index contributed by atoms with van der Waals surface area (Å²) in [6.45, 7) is 21.8. The largest absolute Gasteiger partial charge is 0.419 e. The number of hydrogen-bond acceptors (Lipinski definition) is 3. The summed E-state index contributed by atoms with van der Waals surface area (Å²) in [6, 6.07) is 0. The molecule has 5 heteroatoms. The molecule has 1 aliphatic heterocycles. The number of hydrogen-bond donors (Lipinski definition) is 0. The van der Waals surface area contributed by atoms with Crippen LogP contribution in [0.3, 0.4) is 0 Å². The van der Waals surface area contributed by atoms with Gasteiger partial charge in [0.1, 0.15) is 8.24 Å². The lowest BCUT2D eigenvalue weighted by Gasteiger charge is -2.49. The summed E-state index contributed by atoms with van der Waals surface area (Å²) in [7, 11) is -0.891. The second-order valence-electron chi connectivity index (χ2n) is 8.04. The fourth-order valence-electron chi connectivity index (χ4n) is 2.54. The quantitative estimate of drug-likeness (QED) is 0.743. The van der Waals surface area contributed by atoms with Crippen molar-refractivity contribution in [1.29, 1.82) is 0 Å². The van der Waals surface area contributed by atoms with Crippen molar-refractivity contribution in [2.24, 2.45) is 0 Å². The maximum absolute atomic E-state index is 5.68. The lowest BCUT2D eigenvalue weighted by molar-refractivity contribution is 0.192. The van der Waals surface area contributed by atoms with Crippen LogP contribution in [-0.4, -0.2) is 65.5 Å². The maximum Gasteiger partial charge on any atom is 0.199 e. The Morgan fingerprint density at radius 2 is 1.42 bits per heavy atom. The number of piperazine rings is 1. The minimum absolute atomic E-state index is 0.454. The summed E-state index contributed by atoms with van der Waals surface area (Å²) in [6.07, 6.45) is 1.18. The van der Waals surface area contributed by atoms with Crippen molar-refractivity contribution in [3.05, 3.63) is 0 Å². The molecule has 0 amide bonds. The van der Waals surface area contributed by atoms with Gasteiger partial charge >= 0.3 is 0 Å². The highest BCUT2D eigenvalue weighted by atomic mass is 28.4. The average molecular weight is 303 g/mol. The van der Waals surface area contributed by atoms with E-state index in [4.69, 9.17) is 4.43 Å². The molecule has 0 unspecified atom stereocenters. The van der Waals surface area contributed by atoms with Crippen LogP contribution in [0.15, 0.2) is 0 Å². The van der Waals surface area contributed by atoms with E-state index in [2.05, 4.69) is 56.4 Å². The van der Waals surface area contributed by atoms with Crippen molar-refractivity contribution in [3.8, 4) is 0 Å². The molecule has 0 radical (unpaired) electrons.